The van der Waals surface area contributed by atoms with Gasteiger partial charge in [-0.25, -0.2) is 18.9 Å². The second-order valence-electron chi connectivity index (χ2n) is 13.7. The summed E-state index contributed by atoms with van der Waals surface area (Å²) in [5.41, 5.74) is 4.41. The second kappa shape index (κ2) is 12.2. The fourth-order valence-electron chi connectivity index (χ4n) is 7.02. The number of fused-ring (bicyclic) bond motifs is 4. The lowest BCUT2D eigenvalue weighted by Gasteiger charge is -2.33. The zero-order chi connectivity index (χ0) is 33.2. The Bertz CT molecular complexity index is 2020. The van der Waals surface area contributed by atoms with Gasteiger partial charge in [0.1, 0.15) is 16.1 Å². The number of nitrogens with zero attached hydrogens (tertiary/aromatic N) is 6. The number of ether oxygens (including phenoxy) is 2. The molecule has 2 aliphatic heterocycles. The van der Waals surface area contributed by atoms with Crippen molar-refractivity contribution in [1.29, 1.82) is 0 Å². The highest BCUT2D eigenvalue weighted by Crippen LogP contribution is 2.45. The molecule has 3 aromatic heterocycles. The summed E-state index contributed by atoms with van der Waals surface area (Å²) in [7, 11) is 0. The van der Waals surface area contributed by atoms with Gasteiger partial charge in [-0.3, -0.25) is 4.68 Å². The summed E-state index contributed by atoms with van der Waals surface area (Å²) in [6.45, 7) is 11.4. The predicted octanol–water partition coefficient (Wildman–Crippen LogP) is 9.00. The molecule has 1 atom stereocenters. The van der Waals surface area contributed by atoms with E-state index in [1.807, 2.05) is 62.5 Å². The first-order chi connectivity index (χ1) is 22.5. The smallest absolute Gasteiger partial charge is 0.410 e. The number of benzene rings is 2. The molecule has 0 saturated carbocycles. The van der Waals surface area contributed by atoms with Crippen molar-refractivity contribution in [3.05, 3.63) is 46.5 Å². The summed E-state index contributed by atoms with van der Waals surface area (Å²) in [6, 6.07) is 3.96. The SMILES string of the molecule is CSc1nc2c(F)c(-c3c(C)c(C)cc4c3cnn4C3CCCCO3)c(Cl)cc2c2c1cnn2C1CCN(C(=O)OC(C)(C)C)CC1. The standard InChI is InChI=1S/C35H40ClFN6O3S/c1-19-15-26-23(17-39-43(26)27-9-7-8-14-45-27)28(20(19)2)29-25(36)16-22-31(30(29)37)40-33(47-6)24-18-38-42(32(22)24)21-10-12-41(13-11-21)34(44)46-35(3,4)5/h15-18,21,27H,7-14H2,1-6H3. The van der Waals surface area contributed by atoms with Crippen molar-refractivity contribution in [1.82, 2.24) is 29.4 Å². The number of piperidine rings is 1. The Morgan fingerprint density at radius 1 is 1.02 bits per heavy atom. The van der Waals surface area contributed by atoms with Gasteiger partial charge in [0, 0.05) is 41.6 Å². The lowest BCUT2D eigenvalue weighted by atomic mass is 9.92. The maximum Gasteiger partial charge on any atom is 0.410 e. The van der Waals surface area contributed by atoms with Crippen molar-refractivity contribution in [2.24, 2.45) is 0 Å². The minimum atomic E-state index is -0.554. The number of thioether (sulfide) groups is 1. The van der Waals surface area contributed by atoms with E-state index in [2.05, 4.69) is 6.07 Å². The molecule has 1 unspecified atom stereocenters. The topological polar surface area (TPSA) is 87.3 Å². The van der Waals surface area contributed by atoms with Crippen LogP contribution in [0.3, 0.4) is 0 Å². The molecule has 2 saturated heterocycles. The maximum absolute atomic E-state index is 17.1. The monoisotopic (exact) mass is 678 g/mol. The highest BCUT2D eigenvalue weighted by Gasteiger charge is 2.31. The fourth-order valence-corrected chi connectivity index (χ4v) is 7.86. The van der Waals surface area contributed by atoms with Crippen LogP contribution < -0.4 is 0 Å². The molecule has 47 heavy (non-hydrogen) atoms. The Kier molecular flexibility index (Phi) is 8.37. The quantitative estimate of drug-likeness (QED) is 0.175. The van der Waals surface area contributed by atoms with Gasteiger partial charge in [0.05, 0.1) is 39.9 Å². The molecule has 7 rings (SSSR count). The van der Waals surface area contributed by atoms with Gasteiger partial charge in [-0.1, -0.05) is 11.6 Å². The Hall–Kier alpha value is -3.41. The van der Waals surface area contributed by atoms with E-state index >= 15 is 4.39 Å². The molecule has 0 aliphatic carbocycles. The van der Waals surface area contributed by atoms with Gasteiger partial charge in [-0.15, -0.1) is 11.8 Å². The van der Waals surface area contributed by atoms with Crippen LogP contribution in [0.15, 0.2) is 29.6 Å². The summed E-state index contributed by atoms with van der Waals surface area (Å²) < 4.78 is 32.7. The highest BCUT2D eigenvalue weighted by molar-refractivity contribution is 7.98. The minimum Gasteiger partial charge on any atom is -0.444 e. The zero-order valence-corrected chi connectivity index (χ0v) is 29.3. The van der Waals surface area contributed by atoms with Gasteiger partial charge in [0.15, 0.2) is 12.0 Å². The van der Waals surface area contributed by atoms with E-state index in [1.165, 1.54) is 11.8 Å². The van der Waals surface area contributed by atoms with Crippen molar-refractivity contribution >= 4 is 62.2 Å². The van der Waals surface area contributed by atoms with Gasteiger partial charge in [-0.05, 0) is 96.2 Å². The first-order valence-electron chi connectivity index (χ1n) is 16.3. The third-order valence-electron chi connectivity index (χ3n) is 9.44. The Labute approximate surface area is 282 Å². The lowest BCUT2D eigenvalue weighted by molar-refractivity contribution is -0.0366. The number of aryl methyl sites for hydroxylation is 1. The molecule has 2 aromatic carbocycles. The van der Waals surface area contributed by atoms with Crippen LogP contribution in [-0.4, -0.2) is 67.1 Å². The molecule has 2 aliphatic rings. The van der Waals surface area contributed by atoms with E-state index in [9.17, 15) is 4.79 Å². The number of likely N-dealkylation sites (tertiary alicyclic amines) is 1. The van der Waals surface area contributed by atoms with Crippen LogP contribution in [0.25, 0.3) is 43.8 Å². The summed E-state index contributed by atoms with van der Waals surface area (Å²) in [6.07, 6.45) is 9.48. The van der Waals surface area contributed by atoms with Gasteiger partial charge < -0.3 is 14.4 Å². The highest BCUT2D eigenvalue weighted by atomic mass is 35.5. The molecule has 0 N–H and O–H groups in total. The average molecular weight is 679 g/mol. The molecule has 0 spiro atoms. The number of hydrogen-bond donors (Lipinski definition) is 0. The summed E-state index contributed by atoms with van der Waals surface area (Å²) in [5, 5.41) is 12.8. The number of hydrogen-bond acceptors (Lipinski definition) is 7. The first-order valence-corrected chi connectivity index (χ1v) is 17.9. The zero-order valence-electron chi connectivity index (χ0n) is 27.7. The van der Waals surface area contributed by atoms with Gasteiger partial charge in [-0.2, -0.15) is 10.2 Å². The third kappa shape index (κ3) is 5.64. The molecule has 5 aromatic rings. The second-order valence-corrected chi connectivity index (χ2v) is 14.9. The van der Waals surface area contributed by atoms with Crippen LogP contribution in [0.1, 0.15) is 76.3 Å². The van der Waals surface area contributed by atoms with Gasteiger partial charge >= 0.3 is 6.09 Å². The molecule has 1 amide bonds. The van der Waals surface area contributed by atoms with Crippen LogP contribution in [0, 0.1) is 19.7 Å². The van der Waals surface area contributed by atoms with Crippen molar-refractivity contribution in [2.75, 3.05) is 26.0 Å². The molecule has 12 heteroatoms. The Balaban J connectivity index is 1.34. The molecule has 9 nitrogen and oxygen atoms in total. The van der Waals surface area contributed by atoms with Crippen molar-refractivity contribution in [3.63, 3.8) is 0 Å². The van der Waals surface area contributed by atoms with Gasteiger partial charge in [0.2, 0.25) is 0 Å². The average Bonchev–Trinajstić information content (AvgIpc) is 3.67. The molecule has 248 valence electrons. The summed E-state index contributed by atoms with van der Waals surface area (Å²) in [4.78, 5) is 19.3. The number of carbonyl (C=O) groups excluding carboxylic acids is 1. The van der Waals surface area contributed by atoms with Crippen molar-refractivity contribution in [2.45, 2.75) is 89.6 Å². The van der Waals surface area contributed by atoms with Crippen molar-refractivity contribution < 1.29 is 18.7 Å². The predicted molar refractivity (Wildman–Crippen MR) is 185 cm³/mol. The molecular weight excluding hydrogens is 639 g/mol. The Morgan fingerprint density at radius 2 is 1.74 bits per heavy atom. The number of pyridine rings is 1. The van der Waals surface area contributed by atoms with E-state index in [4.69, 9.17) is 36.3 Å². The van der Waals surface area contributed by atoms with Crippen LogP contribution in [0.2, 0.25) is 5.02 Å². The minimum absolute atomic E-state index is 0.0134. The molecule has 2 fully saturated rings. The number of rotatable bonds is 4. The van der Waals surface area contributed by atoms with Gasteiger partial charge in [0.25, 0.3) is 0 Å². The van der Waals surface area contributed by atoms with E-state index in [1.54, 1.807) is 11.1 Å². The maximum atomic E-state index is 17.1. The molecule has 0 bridgehead atoms. The normalized spacial score (nSPS) is 18.1. The molecule has 0 radical (unpaired) electrons. The fraction of sp³-hybridized carbons (Fsp3) is 0.486. The van der Waals surface area contributed by atoms with Crippen molar-refractivity contribution in [3.8, 4) is 11.1 Å². The Morgan fingerprint density at radius 3 is 2.43 bits per heavy atom. The third-order valence-corrected chi connectivity index (χ3v) is 10.4. The number of amides is 1. The van der Waals surface area contributed by atoms with E-state index in [0.717, 1.165) is 57.8 Å². The number of carbonyl (C=O) groups is 1. The summed E-state index contributed by atoms with van der Waals surface area (Å²) >= 11 is 8.56. The molecular formula is C35H40ClFN6O3S. The van der Waals surface area contributed by atoms with E-state index < -0.39 is 11.4 Å². The van der Waals surface area contributed by atoms with E-state index in [-0.39, 0.29) is 23.9 Å². The molecule has 5 heterocycles. The largest absolute Gasteiger partial charge is 0.444 e. The summed E-state index contributed by atoms with van der Waals surface area (Å²) in [5.74, 6) is -0.464. The van der Waals surface area contributed by atoms with E-state index in [0.29, 0.717) is 53.5 Å². The number of halogens is 2. The lowest BCUT2D eigenvalue weighted by Crippen LogP contribution is -2.42. The number of aromatic nitrogens is 5. The van der Waals surface area contributed by atoms with Crippen LogP contribution in [0.4, 0.5) is 9.18 Å². The first kappa shape index (κ1) is 32.2. The van der Waals surface area contributed by atoms with Crippen LogP contribution in [-0.2, 0) is 9.47 Å². The van der Waals surface area contributed by atoms with Crippen LogP contribution >= 0.6 is 23.4 Å². The van der Waals surface area contributed by atoms with Crippen LogP contribution in [0.5, 0.6) is 0 Å².